The molecule has 258 valence electrons. The molecule has 3 heterocycles. The van der Waals surface area contributed by atoms with Crippen molar-refractivity contribution in [3.8, 4) is 45.8 Å². The Morgan fingerprint density at radius 2 is 1.14 bits per heavy atom. The van der Waals surface area contributed by atoms with Gasteiger partial charge in [-0.05, 0) is 71.6 Å². The van der Waals surface area contributed by atoms with E-state index in [1.807, 2.05) is 54.6 Å². The summed E-state index contributed by atoms with van der Waals surface area (Å²) in [6.45, 7) is 0. The molecule has 0 atom stereocenters. The Hall–Kier alpha value is -7.86. The Morgan fingerprint density at radius 3 is 1.95 bits per heavy atom. The summed E-state index contributed by atoms with van der Waals surface area (Å²) in [5, 5.41) is 28.2. The van der Waals surface area contributed by atoms with Crippen LogP contribution in [-0.4, -0.2) is 9.13 Å². The number of hydrogen-bond acceptors (Lipinski definition) is 3. The number of nitrogens with zero attached hydrogens (tertiary/aromatic N) is 4. The lowest BCUT2D eigenvalue weighted by Gasteiger charge is -2.19. The fraction of sp³-hybridized carbons (Fsp3) is 0.0196. The smallest absolute Gasteiger partial charge is 0.137 e. The summed E-state index contributed by atoms with van der Waals surface area (Å²) in [5.41, 5.74) is 15.2. The van der Waals surface area contributed by atoms with E-state index in [1.54, 1.807) is 0 Å². The first-order chi connectivity index (χ1) is 27.7. The van der Waals surface area contributed by atoms with Crippen molar-refractivity contribution >= 4 is 65.6 Å². The number of aromatic nitrogens is 2. The van der Waals surface area contributed by atoms with Crippen molar-refractivity contribution in [3.05, 3.63) is 180 Å². The first kappa shape index (κ1) is 30.6. The largest absolute Gasteiger partial charge is 0.456 e. The van der Waals surface area contributed by atoms with E-state index < -0.39 is 0 Å². The van der Waals surface area contributed by atoms with E-state index in [4.69, 9.17) is 4.42 Å². The fourth-order valence-electron chi connectivity index (χ4n) is 9.52. The third kappa shape index (κ3) is 4.01. The van der Waals surface area contributed by atoms with Gasteiger partial charge in [0, 0.05) is 43.6 Å². The second-order valence-electron chi connectivity index (χ2n) is 14.6. The summed E-state index contributed by atoms with van der Waals surface area (Å²) in [5.74, 6) is 0. The van der Waals surface area contributed by atoms with Crippen molar-refractivity contribution < 1.29 is 4.42 Å². The summed E-state index contributed by atoms with van der Waals surface area (Å²) in [6, 6.07) is 59.5. The van der Waals surface area contributed by atoms with Crippen LogP contribution in [-0.2, 0) is 6.42 Å². The molecule has 0 amide bonds. The Kier molecular flexibility index (Phi) is 6.18. The summed E-state index contributed by atoms with van der Waals surface area (Å²) in [7, 11) is 0. The first-order valence-corrected chi connectivity index (χ1v) is 18.8. The third-order valence-corrected chi connectivity index (χ3v) is 11.8. The van der Waals surface area contributed by atoms with E-state index in [9.17, 15) is 10.5 Å². The zero-order valence-electron chi connectivity index (χ0n) is 29.9. The Morgan fingerprint density at radius 1 is 0.464 bits per heavy atom. The average Bonchev–Trinajstić information content (AvgIpc) is 4.00. The van der Waals surface area contributed by atoms with Gasteiger partial charge in [0.1, 0.15) is 17.2 Å². The predicted octanol–water partition coefficient (Wildman–Crippen LogP) is 12.8. The van der Waals surface area contributed by atoms with E-state index in [1.165, 1.54) is 22.3 Å². The van der Waals surface area contributed by atoms with Crippen LogP contribution in [0.15, 0.2) is 162 Å². The normalized spacial score (nSPS) is 12.2. The van der Waals surface area contributed by atoms with Crippen LogP contribution in [0, 0.1) is 22.7 Å². The van der Waals surface area contributed by atoms with Crippen molar-refractivity contribution in [1.82, 2.24) is 9.13 Å². The molecule has 1 aliphatic rings. The predicted molar refractivity (Wildman–Crippen MR) is 226 cm³/mol. The highest BCUT2D eigenvalue weighted by Gasteiger charge is 2.27. The second-order valence-corrected chi connectivity index (χ2v) is 14.6. The minimum absolute atomic E-state index is 0.544. The number of rotatable bonds is 3. The molecule has 12 rings (SSSR count). The van der Waals surface area contributed by atoms with Crippen molar-refractivity contribution in [2.75, 3.05) is 0 Å². The van der Waals surface area contributed by atoms with Gasteiger partial charge in [-0.3, -0.25) is 0 Å². The first-order valence-electron chi connectivity index (χ1n) is 18.8. The van der Waals surface area contributed by atoms with Crippen LogP contribution < -0.4 is 0 Å². The van der Waals surface area contributed by atoms with Gasteiger partial charge in [0.25, 0.3) is 0 Å². The minimum atomic E-state index is 0.544. The maximum absolute atomic E-state index is 11.3. The highest BCUT2D eigenvalue weighted by molar-refractivity contribution is 6.24. The molecule has 0 saturated heterocycles. The number of para-hydroxylation sites is 3. The molecule has 0 saturated carbocycles. The molecule has 3 aromatic heterocycles. The molecule has 0 aliphatic heterocycles. The lowest BCUT2D eigenvalue weighted by molar-refractivity contribution is 0.669. The Bertz CT molecular complexity index is 3600. The van der Waals surface area contributed by atoms with E-state index in [-0.39, 0.29) is 0 Å². The maximum Gasteiger partial charge on any atom is 0.137 e. The van der Waals surface area contributed by atoms with Gasteiger partial charge in [-0.25, -0.2) is 0 Å². The molecule has 0 fully saturated rings. The molecule has 0 spiro atoms. The Balaban J connectivity index is 1.20. The quantitative estimate of drug-likeness (QED) is 0.183. The van der Waals surface area contributed by atoms with Crippen LogP contribution in [0.1, 0.15) is 22.3 Å². The van der Waals surface area contributed by atoms with Gasteiger partial charge < -0.3 is 13.6 Å². The maximum atomic E-state index is 11.3. The number of fused-ring (bicyclic) bond motifs is 14. The Labute approximate surface area is 320 Å². The molecule has 1 aliphatic carbocycles. The summed E-state index contributed by atoms with van der Waals surface area (Å²) in [4.78, 5) is 0. The van der Waals surface area contributed by atoms with Crippen LogP contribution >= 0.6 is 0 Å². The van der Waals surface area contributed by atoms with Crippen LogP contribution in [0.3, 0.4) is 0 Å². The van der Waals surface area contributed by atoms with Crippen molar-refractivity contribution in [2.24, 2.45) is 0 Å². The second kappa shape index (κ2) is 11.3. The van der Waals surface area contributed by atoms with Gasteiger partial charge in [-0.2, -0.15) is 10.5 Å². The highest BCUT2D eigenvalue weighted by atomic mass is 16.3. The molecule has 5 heteroatoms. The van der Waals surface area contributed by atoms with Gasteiger partial charge >= 0.3 is 0 Å². The molecule has 8 aromatic carbocycles. The van der Waals surface area contributed by atoms with Gasteiger partial charge in [0.05, 0.1) is 56.0 Å². The number of furan rings is 1. The summed E-state index contributed by atoms with van der Waals surface area (Å²) < 4.78 is 11.0. The number of hydrogen-bond donors (Lipinski definition) is 0. The zero-order chi connectivity index (χ0) is 37.1. The molecule has 0 radical (unpaired) electrons. The third-order valence-electron chi connectivity index (χ3n) is 11.8. The average molecular weight is 713 g/mol. The zero-order valence-corrected chi connectivity index (χ0v) is 29.9. The minimum Gasteiger partial charge on any atom is -0.456 e. The molecule has 0 N–H and O–H groups in total. The van der Waals surface area contributed by atoms with E-state index >= 15 is 0 Å². The molecule has 56 heavy (non-hydrogen) atoms. The SMILES string of the molecule is N#Cc1ccc(-c2cccc(-n3c4ccccc4c4ccc5oc6ccccc6c5c43)c2C#N)c(-n2c3ccccc3c3ccc4c(c32)-c2ccccc2C4)c1. The molecular weight excluding hydrogens is 685 g/mol. The van der Waals surface area contributed by atoms with Gasteiger partial charge in [0.2, 0.25) is 0 Å². The van der Waals surface area contributed by atoms with Crippen LogP contribution in [0.5, 0.6) is 0 Å². The molecule has 0 bridgehead atoms. The van der Waals surface area contributed by atoms with Crippen molar-refractivity contribution in [2.45, 2.75) is 6.42 Å². The standard InChI is InChI=1S/C51H28N4O/c52-28-30-20-22-37(45(26-30)55-43-17-7-4-12-35(43)38-23-21-32-27-31-10-1-2-11-33(31)48(32)50(38)55)34-15-9-18-44(41(34)29-53)54-42-16-6-3-13-36(42)39-24-25-47-49(51(39)54)40-14-5-8-19-46(40)56-47/h1-26H,27H2. The van der Waals surface area contributed by atoms with Gasteiger partial charge in [-0.15, -0.1) is 0 Å². The van der Waals surface area contributed by atoms with Gasteiger partial charge in [0.15, 0.2) is 0 Å². The number of nitriles is 2. The molecule has 5 nitrogen and oxygen atoms in total. The molecular formula is C51H28N4O. The van der Waals surface area contributed by atoms with Crippen LogP contribution in [0.25, 0.3) is 99.2 Å². The van der Waals surface area contributed by atoms with E-state index in [0.717, 1.165) is 94.5 Å². The summed E-state index contributed by atoms with van der Waals surface area (Å²) >= 11 is 0. The monoisotopic (exact) mass is 712 g/mol. The van der Waals surface area contributed by atoms with Gasteiger partial charge in [-0.1, -0.05) is 109 Å². The highest BCUT2D eigenvalue weighted by Crippen LogP contribution is 2.47. The van der Waals surface area contributed by atoms with E-state index in [2.05, 4.69) is 124 Å². The molecule has 0 unspecified atom stereocenters. The van der Waals surface area contributed by atoms with Crippen molar-refractivity contribution in [3.63, 3.8) is 0 Å². The molecule has 11 aromatic rings. The summed E-state index contributed by atoms with van der Waals surface area (Å²) in [6.07, 6.45) is 0.868. The van der Waals surface area contributed by atoms with Crippen LogP contribution in [0.4, 0.5) is 0 Å². The van der Waals surface area contributed by atoms with E-state index in [0.29, 0.717) is 11.1 Å². The lowest BCUT2D eigenvalue weighted by Crippen LogP contribution is -2.03. The lowest BCUT2D eigenvalue weighted by atomic mass is 9.95. The topological polar surface area (TPSA) is 70.6 Å². The number of benzene rings is 8. The van der Waals surface area contributed by atoms with Crippen LogP contribution in [0.2, 0.25) is 0 Å². The van der Waals surface area contributed by atoms with Crippen molar-refractivity contribution in [1.29, 1.82) is 10.5 Å². The fourth-order valence-corrected chi connectivity index (χ4v) is 9.52.